The Bertz CT molecular complexity index is 825. The summed E-state index contributed by atoms with van der Waals surface area (Å²) >= 11 is 6.25. The number of ether oxygens (including phenoxy) is 2. The molecule has 2 fully saturated rings. The molecule has 3 aliphatic rings. The minimum atomic E-state index is -3.68. The topological polar surface area (TPSA) is 81.7 Å². The Morgan fingerprint density at radius 1 is 1.12 bits per heavy atom. The molecule has 8 heteroatoms. The first kappa shape index (κ1) is 17.9. The van der Waals surface area contributed by atoms with Crippen LogP contribution in [0, 0.1) is 5.92 Å². The van der Waals surface area contributed by atoms with Crippen molar-refractivity contribution >= 4 is 27.3 Å². The van der Waals surface area contributed by atoms with E-state index in [4.69, 9.17) is 21.1 Å². The zero-order valence-electron chi connectivity index (χ0n) is 14.4. The van der Waals surface area contributed by atoms with E-state index < -0.39 is 15.1 Å². The molecule has 1 aliphatic carbocycles. The van der Waals surface area contributed by atoms with Crippen LogP contribution in [0.5, 0.6) is 11.5 Å². The molecule has 3 atom stereocenters. The number of sulfone groups is 1. The van der Waals surface area contributed by atoms with Crippen LogP contribution in [-0.4, -0.2) is 38.8 Å². The number of piperidine rings is 1. The van der Waals surface area contributed by atoms with Crippen LogP contribution in [0.3, 0.4) is 0 Å². The molecular weight excluding hydrogens is 378 g/mol. The molecule has 1 saturated carbocycles. The van der Waals surface area contributed by atoms with Crippen LogP contribution in [0.2, 0.25) is 5.02 Å². The third-order valence-corrected chi connectivity index (χ3v) is 7.89. The Morgan fingerprint density at radius 3 is 2.58 bits per heavy atom. The van der Waals surface area contributed by atoms with Gasteiger partial charge in [0.15, 0.2) is 21.3 Å². The highest BCUT2D eigenvalue weighted by atomic mass is 35.5. The third-order valence-electron chi connectivity index (χ3n) is 5.55. The molecular formula is C18H22ClNO5S. The predicted molar refractivity (Wildman–Crippen MR) is 97.4 cm³/mol. The minimum Gasteiger partial charge on any atom is -0.486 e. The molecule has 0 radical (unpaired) electrons. The average Bonchev–Trinajstić information content (AvgIpc) is 2.61. The first-order chi connectivity index (χ1) is 12.4. The highest BCUT2D eigenvalue weighted by Crippen LogP contribution is 2.38. The van der Waals surface area contributed by atoms with Gasteiger partial charge in [-0.05, 0) is 36.8 Å². The monoisotopic (exact) mass is 399 g/mol. The fourth-order valence-electron chi connectivity index (χ4n) is 4.18. The second-order valence-corrected chi connectivity index (χ2v) is 9.87. The van der Waals surface area contributed by atoms with E-state index in [0.29, 0.717) is 41.7 Å². The number of carbonyl (C=O) groups is 1. The molecule has 1 amide bonds. The van der Waals surface area contributed by atoms with Gasteiger partial charge < -0.3 is 14.8 Å². The molecule has 1 aromatic rings. The molecule has 2 aliphatic heterocycles. The summed E-state index contributed by atoms with van der Waals surface area (Å²) in [5.41, 5.74) is 0.439. The summed E-state index contributed by atoms with van der Waals surface area (Å²) in [6, 6.07) is 3.32. The number of nitrogens with one attached hydrogen (secondary N) is 1. The Hall–Kier alpha value is -1.47. The molecule has 3 unspecified atom stereocenters. The molecule has 1 N–H and O–H groups in total. The lowest BCUT2D eigenvalue weighted by Gasteiger charge is -2.39. The van der Waals surface area contributed by atoms with Crippen LogP contribution < -0.4 is 14.8 Å². The Kier molecular flexibility index (Phi) is 4.77. The lowest BCUT2D eigenvalue weighted by Crippen LogP contribution is -2.55. The molecule has 4 rings (SSSR count). The first-order valence-corrected chi connectivity index (χ1v) is 11.1. The number of hydrogen-bond acceptors (Lipinski definition) is 5. The number of hydrogen-bond donors (Lipinski definition) is 1. The van der Waals surface area contributed by atoms with Gasteiger partial charge in [0.1, 0.15) is 18.5 Å². The van der Waals surface area contributed by atoms with Gasteiger partial charge in [-0.15, -0.1) is 0 Å². The smallest absolute Gasteiger partial charge is 0.238 e. The molecule has 2 heterocycles. The van der Waals surface area contributed by atoms with Gasteiger partial charge in [-0.1, -0.05) is 24.4 Å². The van der Waals surface area contributed by atoms with Crippen molar-refractivity contribution < 1.29 is 22.7 Å². The van der Waals surface area contributed by atoms with E-state index >= 15 is 0 Å². The maximum absolute atomic E-state index is 13.0. The molecule has 0 bridgehead atoms. The average molecular weight is 400 g/mol. The van der Waals surface area contributed by atoms with E-state index in [-0.39, 0.29) is 23.6 Å². The SMILES string of the molecule is O=C1NC2CCCCC2CC1S(=O)(=O)Cc1cc2c(cc1Cl)OCCO2. The fraction of sp³-hybridized carbons (Fsp3) is 0.611. The number of halogens is 1. The Balaban J connectivity index is 1.56. The zero-order valence-corrected chi connectivity index (χ0v) is 15.9. The summed E-state index contributed by atoms with van der Waals surface area (Å²) in [5.74, 6) is 0.603. The number of amides is 1. The lowest BCUT2D eigenvalue weighted by atomic mass is 9.79. The number of benzene rings is 1. The quantitative estimate of drug-likeness (QED) is 0.844. The van der Waals surface area contributed by atoms with Crippen molar-refractivity contribution in [2.75, 3.05) is 13.2 Å². The summed E-state index contributed by atoms with van der Waals surface area (Å²) in [4.78, 5) is 12.4. The summed E-state index contributed by atoms with van der Waals surface area (Å²) < 4.78 is 36.9. The van der Waals surface area contributed by atoms with Crippen LogP contribution in [-0.2, 0) is 20.4 Å². The normalized spacial score (nSPS) is 28.2. The minimum absolute atomic E-state index is 0.126. The summed E-state index contributed by atoms with van der Waals surface area (Å²) in [7, 11) is -3.68. The fourth-order valence-corrected chi connectivity index (χ4v) is 6.29. The summed E-state index contributed by atoms with van der Waals surface area (Å²) in [6.07, 6.45) is 4.50. The van der Waals surface area contributed by atoms with E-state index in [0.717, 1.165) is 25.7 Å². The van der Waals surface area contributed by atoms with Gasteiger partial charge in [0.2, 0.25) is 5.91 Å². The maximum Gasteiger partial charge on any atom is 0.238 e. The van der Waals surface area contributed by atoms with Gasteiger partial charge in [-0.3, -0.25) is 4.79 Å². The Labute approximate surface area is 158 Å². The van der Waals surface area contributed by atoms with Gasteiger partial charge in [0.05, 0.1) is 5.75 Å². The van der Waals surface area contributed by atoms with E-state index in [1.807, 2.05) is 0 Å². The number of carbonyl (C=O) groups excluding carboxylic acids is 1. The molecule has 0 spiro atoms. The summed E-state index contributed by atoms with van der Waals surface area (Å²) in [6.45, 7) is 0.848. The molecule has 1 saturated heterocycles. The lowest BCUT2D eigenvalue weighted by molar-refractivity contribution is -0.124. The van der Waals surface area contributed by atoms with Crippen LogP contribution in [0.15, 0.2) is 12.1 Å². The second-order valence-electron chi connectivity index (χ2n) is 7.28. The molecule has 1 aromatic carbocycles. The van der Waals surface area contributed by atoms with Crippen LogP contribution >= 0.6 is 11.6 Å². The highest BCUT2D eigenvalue weighted by Gasteiger charge is 2.43. The number of rotatable bonds is 3. The van der Waals surface area contributed by atoms with Crippen molar-refractivity contribution in [3.8, 4) is 11.5 Å². The van der Waals surface area contributed by atoms with Gasteiger partial charge in [-0.2, -0.15) is 0 Å². The molecule has 26 heavy (non-hydrogen) atoms. The van der Waals surface area contributed by atoms with Gasteiger partial charge in [-0.25, -0.2) is 8.42 Å². The van der Waals surface area contributed by atoms with Crippen LogP contribution in [0.25, 0.3) is 0 Å². The maximum atomic E-state index is 13.0. The standard InChI is InChI=1S/C18H22ClNO5S/c19-13-9-16-15(24-5-6-25-16)7-12(13)10-26(22,23)17-8-11-3-1-2-4-14(11)20-18(17)21/h7,9,11,14,17H,1-6,8,10H2,(H,20,21). The van der Waals surface area contributed by atoms with Gasteiger partial charge in [0, 0.05) is 17.1 Å². The van der Waals surface area contributed by atoms with Crippen LogP contribution in [0.4, 0.5) is 0 Å². The highest BCUT2D eigenvalue weighted by molar-refractivity contribution is 7.92. The second kappa shape index (κ2) is 6.93. The predicted octanol–water partition coefficient (Wildman–Crippen LogP) is 2.47. The largest absolute Gasteiger partial charge is 0.486 e. The zero-order chi connectivity index (χ0) is 18.3. The van der Waals surface area contributed by atoms with Gasteiger partial charge >= 0.3 is 0 Å². The van der Waals surface area contributed by atoms with E-state index in [2.05, 4.69) is 5.32 Å². The molecule has 6 nitrogen and oxygen atoms in total. The van der Waals surface area contributed by atoms with Crippen molar-refractivity contribution in [2.24, 2.45) is 5.92 Å². The van der Waals surface area contributed by atoms with E-state index in [1.54, 1.807) is 12.1 Å². The Morgan fingerprint density at radius 2 is 1.81 bits per heavy atom. The first-order valence-electron chi connectivity index (χ1n) is 9.04. The van der Waals surface area contributed by atoms with Crippen molar-refractivity contribution in [3.05, 3.63) is 22.7 Å². The molecule has 142 valence electrons. The number of fused-ring (bicyclic) bond motifs is 2. The van der Waals surface area contributed by atoms with Crippen LogP contribution in [0.1, 0.15) is 37.7 Å². The van der Waals surface area contributed by atoms with Crippen molar-refractivity contribution in [1.29, 1.82) is 0 Å². The molecule has 0 aromatic heterocycles. The van der Waals surface area contributed by atoms with E-state index in [1.165, 1.54) is 0 Å². The third kappa shape index (κ3) is 3.39. The van der Waals surface area contributed by atoms with Crippen molar-refractivity contribution in [2.45, 2.75) is 49.1 Å². The van der Waals surface area contributed by atoms with Gasteiger partial charge in [0.25, 0.3) is 0 Å². The van der Waals surface area contributed by atoms with Crippen molar-refractivity contribution in [1.82, 2.24) is 5.32 Å². The van der Waals surface area contributed by atoms with Crippen molar-refractivity contribution in [3.63, 3.8) is 0 Å². The summed E-state index contributed by atoms with van der Waals surface area (Å²) in [5, 5.41) is 2.23. The van der Waals surface area contributed by atoms with E-state index in [9.17, 15) is 13.2 Å².